The molecule has 0 radical (unpaired) electrons. The molecule has 1 fully saturated rings. The van der Waals surface area contributed by atoms with Crippen molar-refractivity contribution in [2.45, 2.75) is 39.2 Å². The number of hydrogen-bond donors (Lipinski definition) is 1. The molecule has 0 bridgehead atoms. The molecule has 2 aromatic rings. The molecule has 1 saturated carbocycles. The number of hydrogen-bond acceptors (Lipinski definition) is 5. The van der Waals surface area contributed by atoms with Gasteiger partial charge in [-0.25, -0.2) is 17.5 Å². The van der Waals surface area contributed by atoms with Crippen LogP contribution in [-0.4, -0.2) is 34.0 Å². The van der Waals surface area contributed by atoms with Gasteiger partial charge in [0.15, 0.2) is 11.6 Å². The van der Waals surface area contributed by atoms with Crippen molar-refractivity contribution in [2.24, 2.45) is 11.8 Å². The van der Waals surface area contributed by atoms with Crippen molar-refractivity contribution in [1.82, 2.24) is 4.72 Å². The largest absolute Gasteiger partial charge is 0.490 e. The van der Waals surface area contributed by atoms with Crippen molar-refractivity contribution in [1.29, 1.82) is 0 Å². The summed E-state index contributed by atoms with van der Waals surface area (Å²) in [7, 11) is -3.55. The molecule has 1 heterocycles. The molecular weight excluding hydrogens is 425 g/mol. The summed E-state index contributed by atoms with van der Waals surface area (Å²) in [6.45, 7) is 5.61. The summed E-state index contributed by atoms with van der Waals surface area (Å²) in [6, 6.07) is 7.71. The SMILES string of the molecule is CC(C)COCCCS(=O)(=O)N[C@@H](c1ccc(F)c(OCC2CC2)c1)c1cccs1. The maximum Gasteiger partial charge on any atom is 0.212 e. The van der Waals surface area contributed by atoms with Gasteiger partial charge >= 0.3 is 0 Å². The van der Waals surface area contributed by atoms with Crippen molar-refractivity contribution >= 4 is 21.4 Å². The van der Waals surface area contributed by atoms with Gasteiger partial charge in [-0.15, -0.1) is 11.3 Å². The van der Waals surface area contributed by atoms with E-state index in [1.165, 1.54) is 17.4 Å². The number of halogens is 1. The van der Waals surface area contributed by atoms with Crippen LogP contribution < -0.4 is 9.46 Å². The lowest BCUT2D eigenvalue weighted by Crippen LogP contribution is -2.31. The number of thiophene rings is 1. The van der Waals surface area contributed by atoms with Crippen molar-refractivity contribution in [2.75, 3.05) is 25.6 Å². The van der Waals surface area contributed by atoms with Gasteiger partial charge in [0.1, 0.15) is 0 Å². The fourth-order valence-corrected chi connectivity index (χ4v) is 5.07. The fraction of sp³-hybridized carbons (Fsp3) is 0.545. The summed E-state index contributed by atoms with van der Waals surface area (Å²) in [5.74, 6) is 0.617. The Labute approximate surface area is 182 Å². The van der Waals surface area contributed by atoms with Crippen LogP contribution in [0.3, 0.4) is 0 Å². The standard InChI is InChI=1S/C22H30FNO4S2/c1-16(2)14-27-10-4-12-30(25,26)24-22(21-5-3-11-29-21)18-8-9-19(23)20(13-18)28-15-17-6-7-17/h3,5,8-9,11,13,16-17,22,24H,4,6-7,10,12,14-15H2,1-2H3/t22-/m0/s1. The minimum atomic E-state index is -3.55. The summed E-state index contributed by atoms with van der Waals surface area (Å²) in [5.41, 5.74) is 0.657. The average Bonchev–Trinajstić information content (AvgIpc) is 3.36. The molecule has 30 heavy (non-hydrogen) atoms. The molecule has 0 spiro atoms. The molecule has 3 rings (SSSR count). The van der Waals surface area contributed by atoms with Gasteiger partial charge in [-0.05, 0) is 60.2 Å². The monoisotopic (exact) mass is 455 g/mol. The molecule has 8 heteroatoms. The second-order valence-electron chi connectivity index (χ2n) is 8.15. The molecule has 0 aliphatic heterocycles. The first-order valence-corrected chi connectivity index (χ1v) is 12.9. The van der Waals surface area contributed by atoms with Crippen LogP contribution in [0.15, 0.2) is 35.7 Å². The second-order valence-corrected chi connectivity index (χ2v) is 11.0. The van der Waals surface area contributed by atoms with Crippen LogP contribution in [0.2, 0.25) is 0 Å². The lowest BCUT2D eigenvalue weighted by molar-refractivity contribution is 0.111. The number of benzene rings is 1. The van der Waals surface area contributed by atoms with Crippen molar-refractivity contribution < 1.29 is 22.3 Å². The first-order chi connectivity index (χ1) is 14.3. The van der Waals surface area contributed by atoms with Crippen LogP contribution in [-0.2, 0) is 14.8 Å². The number of ether oxygens (including phenoxy) is 2. The molecule has 0 unspecified atom stereocenters. The number of sulfonamides is 1. The summed E-state index contributed by atoms with van der Waals surface area (Å²) < 4.78 is 53.5. The van der Waals surface area contributed by atoms with E-state index >= 15 is 0 Å². The molecule has 1 N–H and O–H groups in total. The van der Waals surface area contributed by atoms with Crippen molar-refractivity contribution in [3.8, 4) is 5.75 Å². The quantitative estimate of drug-likeness (QED) is 0.443. The minimum Gasteiger partial charge on any atom is -0.490 e. The van der Waals surface area contributed by atoms with Gasteiger partial charge in [0.25, 0.3) is 0 Å². The molecule has 166 valence electrons. The topological polar surface area (TPSA) is 64.6 Å². The summed E-state index contributed by atoms with van der Waals surface area (Å²) in [6.07, 6.45) is 2.64. The highest BCUT2D eigenvalue weighted by molar-refractivity contribution is 7.89. The molecule has 1 aliphatic carbocycles. The van der Waals surface area contributed by atoms with Crippen LogP contribution in [0.5, 0.6) is 5.75 Å². The van der Waals surface area contributed by atoms with Gasteiger partial charge in [-0.2, -0.15) is 0 Å². The number of rotatable bonds is 13. The fourth-order valence-electron chi connectivity index (χ4n) is 2.96. The molecule has 1 aromatic heterocycles. The van der Waals surface area contributed by atoms with Crippen LogP contribution in [0.4, 0.5) is 4.39 Å². The van der Waals surface area contributed by atoms with Crippen LogP contribution in [0, 0.1) is 17.7 Å². The maximum atomic E-state index is 14.2. The Kier molecular flexibility index (Phi) is 8.27. The van der Waals surface area contributed by atoms with E-state index in [0.29, 0.717) is 43.6 Å². The lowest BCUT2D eigenvalue weighted by Gasteiger charge is -2.19. The second kappa shape index (κ2) is 10.7. The normalized spacial score (nSPS) is 15.5. The summed E-state index contributed by atoms with van der Waals surface area (Å²) in [5, 5.41) is 1.89. The molecular formula is C22H30FNO4S2. The van der Waals surface area contributed by atoms with E-state index in [9.17, 15) is 12.8 Å². The van der Waals surface area contributed by atoms with E-state index in [0.717, 1.165) is 17.7 Å². The van der Waals surface area contributed by atoms with E-state index in [4.69, 9.17) is 9.47 Å². The molecule has 5 nitrogen and oxygen atoms in total. The highest BCUT2D eigenvalue weighted by Gasteiger charge is 2.25. The van der Waals surface area contributed by atoms with Gasteiger partial charge < -0.3 is 9.47 Å². The maximum absolute atomic E-state index is 14.2. The Balaban J connectivity index is 1.69. The Morgan fingerprint density at radius 1 is 1.27 bits per heavy atom. The van der Waals surface area contributed by atoms with Gasteiger partial charge in [-0.1, -0.05) is 26.0 Å². The molecule has 0 amide bonds. The zero-order valence-corrected chi connectivity index (χ0v) is 19.1. The molecule has 1 atom stereocenters. The van der Waals surface area contributed by atoms with Gasteiger partial charge in [0.2, 0.25) is 10.0 Å². The van der Waals surface area contributed by atoms with E-state index < -0.39 is 21.9 Å². The van der Waals surface area contributed by atoms with E-state index in [1.54, 1.807) is 12.1 Å². The van der Waals surface area contributed by atoms with E-state index in [2.05, 4.69) is 18.6 Å². The summed E-state index contributed by atoms with van der Waals surface area (Å²) in [4.78, 5) is 0.842. The van der Waals surface area contributed by atoms with E-state index in [-0.39, 0.29) is 11.5 Å². The summed E-state index contributed by atoms with van der Waals surface area (Å²) >= 11 is 1.45. The Bertz CT molecular complexity index is 896. The third-order valence-electron chi connectivity index (χ3n) is 4.74. The van der Waals surface area contributed by atoms with Gasteiger partial charge in [0.05, 0.1) is 18.4 Å². The highest BCUT2D eigenvalue weighted by atomic mass is 32.2. The molecule has 1 aliphatic rings. The highest BCUT2D eigenvalue weighted by Crippen LogP contribution is 2.33. The van der Waals surface area contributed by atoms with Crippen molar-refractivity contribution in [3.63, 3.8) is 0 Å². The zero-order chi connectivity index (χ0) is 21.6. The van der Waals surface area contributed by atoms with Crippen LogP contribution in [0.25, 0.3) is 0 Å². The Hall–Kier alpha value is -1.48. The zero-order valence-electron chi connectivity index (χ0n) is 17.5. The Morgan fingerprint density at radius 2 is 2.07 bits per heavy atom. The molecule has 1 aromatic carbocycles. The van der Waals surface area contributed by atoms with Gasteiger partial charge in [-0.3, -0.25) is 0 Å². The lowest BCUT2D eigenvalue weighted by atomic mass is 10.1. The van der Waals surface area contributed by atoms with Crippen molar-refractivity contribution in [3.05, 3.63) is 52.0 Å². The first kappa shape index (κ1) is 23.2. The average molecular weight is 456 g/mol. The number of nitrogens with one attached hydrogen (secondary N) is 1. The first-order valence-electron chi connectivity index (χ1n) is 10.4. The van der Waals surface area contributed by atoms with E-state index in [1.807, 2.05) is 17.5 Å². The molecule has 0 saturated heterocycles. The predicted octanol–water partition coefficient (Wildman–Crippen LogP) is 4.75. The minimum absolute atomic E-state index is 0.0286. The van der Waals surface area contributed by atoms with Crippen LogP contribution in [0.1, 0.15) is 49.6 Å². The smallest absolute Gasteiger partial charge is 0.212 e. The predicted molar refractivity (Wildman–Crippen MR) is 118 cm³/mol. The van der Waals surface area contributed by atoms with Gasteiger partial charge in [0, 0.05) is 18.1 Å². The third kappa shape index (κ3) is 7.34. The Morgan fingerprint density at radius 3 is 2.73 bits per heavy atom. The third-order valence-corrected chi connectivity index (χ3v) is 7.10. The van der Waals surface area contributed by atoms with Crippen LogP contribution >= 0.6 is 11.3 Å².